The average Bonchev–Trinajstić information content (AvgIpc) is 2.64. The second-order valence-electron chi connectivity index (χ2n) is 3.96. The zero-order valence-electron chi connectivity index (χ0n) is 9.40. The molecule has 0 spiro atoms. The highest BCUT2D eigenvalue weighted by molar-refractivity contribution is 5.01. The molecule has 2 unspecified atom stereocenters. The summed E-state index contributed by atoms with van der Waals surface area (Å²) in [5, 5.41) is 0. The van der Waals surface area contributed by atoms with Crippen molar-refractivity contribution in [2.75, 3.05) is 6.54 Å². The summed E-state index contributed by atoms with van der Waals surface area (Å²) in [6, 6.07) is 0.518. The minimum absolute atomic E-state index is 0.518. The highest BCUT2D eigenvalue weighted by Crippen LogP contribution is 2.21. The van der Waals surface area contributed by atoms with Crippen LogP contribution in [0, 0.1) is 5.92 Å². The summed E-state index contributed by atoms with van der Waals surface area (Å²) in [6.45, 7) is 7.44. The smallest absolute Gasteiger partial charge is 0.0950 e. The average molecular weight is 195 g/mol. The Kier molecular flexibility index (Phi) is 4.14. The molecule has 0 aromatic carbocycles. The molecule has 1 aromatic rings. The van der Waals surface area contributed by atoms with Crippen molar-refractivity contribution in [1.29, 1.82) is 0 Å². The quantitative estimate of drug-likeness (QED) is 0.781. The van der Waals surface area contributed by atoms with Gasteiger partial charge in [0.25, 0.3) is 0 Å². The van der Waals surface area contributed by atoms with Crippen molar-refractivity contribution in [3.8, 4) is 0 Å². The van der Waals surface area contributed by atoms with Crippen LogP contribution in [0.15, 0.2) is 12.5 Å². The predicted octanol–water partition coefficient (Wildman–Crippen LogP) is 1.99. The number of nitrogens with two attached hydrogens (primary N) is 1. The van der Waals surface area contributed by atoms with E-state index in [4.69, 9.17) is 5.73 Å². The van der Waals surface area contributed by atoms with Crippen LogP contribution in [-0.2, 0) is 6.42 Å². The van der Waals surface area contributed by atoms with Gasteiger partial charge in [0.05, 0.1) is 6.33 Å². The third kappa shape index (κ3) is 2.35. The molecule has 3 nitrogen and oxygen atoms in total. The summed E-state index contributed by atoms with van der Waals surface area (Å²) in [5.74, 6) is 0.681. The molecular weight excluding hydrogens is 174 g/mol. The maximum absolute atomic E-state index is 5.56. The molecule has 2 atom stereocenters. The van der Waals surface area contributed by atoms with Gasteiger partial charge in [0.1, 0.15) is 0 Å². The van der Waals surface area contributed by atoms with E-state index in [9.17, 15) is 0 Å². The van der Waals surface area contributed by atoms with E-state index in [0.29, 0.717) is 18.5 Å². The molecule has 0 bridgehead atoms. The molecule has 0 aliphatic carbocycles. The molecule has 0 saturated carbocycles. The van der Waals surface area contributed by atoms with E-state index in [1.54, 1.807) is 0 Å². The van der Waals surface area contributed by atoms with E-state index >= 15 is 0 Å². The summed E-state index contributed by atoms with van der Waals surface area (Å²) in [7, 11) is 0. The lowest BCUT2D eigenvalue weighted by Gasteiger charge is -2.22. The third-order valence-corrected chi connectivity index (χ3v) is 3.05. The van der Waals surface area contributed by atoms with Crippen LogP contribution >= 0.6 is 0 Å². The molecule has 1 rings (SSSR count). The highest BCUT2D eigenvalue weighted by atomic mass is 15.1. The van der Waals surface area contributed by atoms with E-state index in [2.05, 4.69) is 30.3 Å². The van der Waals surface area contributed by atoms with Crippen molar-refractivity contribution in [3.63, 3.8) is 0 Å². The fourth-order valence-electron chi connectivity index (χ4n) is 1.66. The van der Waals surface area contributed by atoms with Gasteiger partial charge in [-0.25, -0.2) is 4.98 Å². The van der Waals surface area contributed by atoms with Crippen molar-refractivity contribution < 1.29 is 0 Å². The van der Waals surface area contributed by atoms with Crippen LogP contribution in [-0.4, -0.2) is 16.1 Å². The molecule has 0 amide bonds. The lowest BCUT2D eigenvalue weighted by Crippen LogP contribution is -2.16. The number of hydrogen-bond donors (Lipinski definition) is 1. The van der Waals surface area contributed by atoms with Crippen LogP contribution in [0.2, 0.25) is 0 Å². The molecule has 0 aliphatic heterocycles. The van der Waals surface area contributed by atoms with Crippen molar-refractivity contribution in [2.45, 2.75) is 39.7 Å². The summed E-state index contributed by atoms with van der Waals surface area (Å²) in [4.78, 5) is 4.19. The molecule has 1 aromatic heterocycles. The Morgan fingerprint density at radius 1 is 1.50 bits per heavy atom. The van der Waals surface area contributed by atoms with Gasteiger partial charge in [-0.1, -0.05) is 20.3 Å². The first kappa shape index (κ1) is 11.2. The monoisotopic (exact) mass is 195 g/mol. The maximum Gasteiger partial charge on any atom is 0.0950 e. The van der Waals surface area contributed by atoms with Gasteiger partial charge >= 0.3 is 0 Å². The van der Waals surface area contributed by atoms with E-state index < -0.39 is 0 Å². The zero-order chi connectivity index (χ0) is 10.6. The van der Waals surface area contributed by atoms with Crippen molar-refractivity contribution in [2.24, 2.45) is 11.7 Å². The Bertz CT molecular complexity index is 267. The topological polar surface area (TPSA) is 43.8 Å². The molecule has 0 aliphatic rings. The largest absolute Gasteiger partial charge is 0.332 e. The van der Waals surface area contributed by atoms with Crippen LogP contribution in [0.25, 0.3) is 0 Å². The summed E-state index contributed by atoms with van der Waals surface area (Å²) >= 11 is 0. The van der Waals surface area contributed by atoms with Crippen LogP contribution in [0.3, 0.4) is 0 Å². The molecule has 80 valence electrons. The molecule has 1 heterocycles. The Morgan fingerprint density at radius 3 is 2.79 bits per heavy atom. The Hall–Kier alpha value is -0.830. The summed E-state index contributed by atoms with van der Waals surface area (Å²) in [5.41, 5.74) is 6.81. The molecular formula is C11H21N3. The van der Waals surface area contributed by atoms with Gasteiger partial charge in [0, 0.05) is 24.4 Å². The number of hydrogen-bond acceptors (Lipinski definition) is 2. The first-order valence-electron chi connectivity index (χ1n) is 5.41. The van der Waals surface area contributed by atoms with Gasteiger partial charge in [-0.3, -0.25) is 0 Å². The Labute approximate surface area is 86.3 Å². The fourth-order valence-corrected chi connectivity index (χ4v) is 1.66. The van der Waals surface area contributed by atoms with E-state index in [-0.39, 0.29) is 0 Å². The van der Waals surface area contributed by atoms with Crippen LogP contribution < -0.4 is 5.73 Å². The van der Waals surface area contributed by atoms with Gasteiger partial charge in [-0.15, -0.1) is 0 Å². The van der Waals surface area contributed by atoms with Crippen molar-refractivity contribution in [3.05, 3.63) is 18.2 Å². The lowest BCUT2D eigenvalue weighted by atomic mass is 10.0. The Morgan fingerprint density at radius 2 is 2.21 bits per heavy atom. The number of imidazole rings is 1. The van der Waals surface area contributed by atoms with Crippen LogP contribution in [0.4, 0.5) is 0 Å². The van der Waals surface area contributed by atoms with E-state index in [1.165, 1.54) is 12.1 Å². The fraction of sp³-hybridized carbons (Fsp3) is 0.727. The van der Waals surface area contributed by atoms with Crippen LogP contribution in [0.1, 0.15) is 38.9 Å². The molecule has 3 heteroatoms. The van der Waals surface area contributed by atoms with Gasteiger partial charge in [0.2, 0.25) is 0 Å². The number of nitrogens with zero attached hydrogens (tertiary/aromatic N) is 2. The predicted molar refractivity (Wildman–Crippen MR) is 59.2 cm³/mol. The second kappa shape index (κ2) is 5.15. The minimum Gasteiger partial charge on any atom is -0.332 e. The zero-order valence-corrected chi connectivity index (χ0v) is 9.40. The van der Waals surface area contributed by atoms with E-state index in [0.717, 1.165) is 6.42 Å². The molecule has 14 heavy (non-hydrogen) atoms. The van der Waals surface area contributed by atoms with Gasteiger partial charge in [0.15, 0.2) is 0 Å². The van der Waals surface area contributed by atoms with E-state index in [1.807, 2.05) is 12.5 Å². The summed E-state index contributed by atoms with van der Waals surface area (Å²) in [6.07, 6.45) is 5.95. The van der Waals surface area contributed by atoms with Gasteiger partial charge < -0.3 is 10.3 Å². The number of aromatic nitrogens is 2. The van der Waals surface area contributed by atoms with Crippen molar-refractivity contribution >= 4 is 0 Å². The first-order valence-corrected chi connectivity index (χ1v) is 5.41. The van der Waals surface area contributed by atoms with Crippen LogP contribution in [0.5, 0.6) is 0 Å². The minimum atomic E-state index is 0.518. The molecule has 2 N–H and O–H groups in total. The second-order valence-corrected chi connectivity index (χ2v) is 3.96. The number of rotatable bonds is 5. The van der Waals surface area contributed by atoms with Gasteiger partial charge in [-0.2, -0.15) is 0 Å². The normalized spacial score (nSPS) is 15.4. The molecule has 0 radical (unpaired) electrons. The SMILES string of the molecule is CCC(C)C(C)n1cncc1CCN. The lowest BCUT2D eigenvalue weighted by molar-refractivity contribution is 0.362. The van der Waals surface area contributed by atoms with Crippen molar-refractivity contribution in [1.82, 2.24) is 9.55 Å². The molecule has 0 saturated heterocycles. The maximum atomic E-state index is 5.56. The molecule has 0 fully saturated rings. The Balaban J connectivity index is 2.77. The first-order chi connectivity index (χ1) is 6.70. The third-order valence-electron chi connectivity index (χ3n) is 3.05. The standard InChI is InChI=1S/C11H21N3/c1-4-9(2)10(3)14-8-13-7-11(14)5-6-12/h7-10H,4-6,12H2,1-3H3. The summed E-state index contributed by atoms with van der Waals surface area (Å²) < 4.78 is 2.25. The van der Waals surface area contributed by atoms with Gasteiger partial charge in [-0.05, 0) is 19.4 Å². The highest BCUT2D eigenvalue weighted by Gasteiger charge is 2.14.